The first-order valence-electron chi connectivity index (χ1n) is 6.15. The van der Waals surface area contributed by atoms with E-state index in [1.165, 1.54) is 6.42 Å². The van der Waals surface area contributed by atoms with Crippen molar-refractivity contribution in [3.63, 3.8) is 0 Å². The van der Waals surface area contributed by atoms with Crippen molar-refractivity contribution in [1.29, 1.82) is 0 Å². The number of unbranched alkanes of at least 4 members (excludes halogenated alkanes) is 1. The Morgan fingerprint density at radius 2 is 2.06 bits per heavy atom. The van der Waals surface area contributed by atoms with Crippen LogP contribution in [0.25, 0.3) is 0 Å². The minimum absolute atomic E-state index is 0.345. The van der Waals surface area contributed by atoms with Gasteiger partial charge in [-0.25, -0.2) is 0 Å². The van der Waals surface area contributed by atoms with Crippen molar-refractivity contribution in [3.05, 3.63) is 0 Å². The van der Waals surface area contributed by atoms with E-state index in [4.69, 9.17) is 9.84 Å². The summed E-state index contributed by atoms with van der Waals surface area (Å²) >= 11 is 0. The van der Waals surface area contributed by atoms with Crippen LogP contribution >= 0.6 is 0 Å². The molecule has 0 aromatic heterocycles. The van der Waals surface area contributed by atoms with E-state index in [0.717, 1.165) is 45.5 Å². The molecule has 1 fully saturated rings. The van der Waals surface area contributed by atoms with Crippen LogP contribution in [0.5, 0.6) is 0 Å². The van der Waals surface area contributed by atoms with Gasteiger partial charge >= 0.3 is 5.97 Å². The highest BCUT2D eigenvalue weighted by Gasteiger charge is 2.20. The summed E-state index contributed by atoms with van der Waals surface area (Å²) in [5.41, 5.74) is 0. The number of aliphatic carboxylic acids is 1. The van der Waals surface area contributed by atoms with Crippen molar-refractivity contribution in [1.82, 2.24) is 4.90 Å². The molecule has 0 saturated carbocycles. The number of piperidine rings is 1. The van der Waals surface area contributed by atoms with Gasteiger partial charge in [0.2, 0.25) is 0 Å². The van der Waals surface area contributed by atoms with Gasteiger partial charge in [0.1, 0.15) is 0 Å². The van der Waals surface area contributed by atoms with Crippen molar-refractivity contribution in [3.8, 4) is 0 Å². The summed E-state index contributed by atoms with van der Waals surface area (Å²) < 4.78 is 5.01. The molecule has 1 aliphatic heterocycles. The van der Waals surface area contributed by atoms with Crippen LogP contribution in [0.3, 0.4) is 0 Å². The molecule has 1 saturated heterocycles. The zero-order chi connectivity index (χ0) is 11.8. The summed E-state index contributed by atoms with van der Waals surface area (Å²) in [4.78, 5) is 13.0. The van der Waals surface area contributed by atoms with E-state index < -0.39 is 5.97 Å². The van der Waals surface area contributed by atoms with Crippen LogP contribution in [-0.2, 0) is 9.53 Å². The van der Waals surface area contributed by atoms with Crippen LogP contribution in [-0.4, -0.2) is 49.3 Å². The number of nitrogens with zero attached hydrogens (tertiary/aromatic N) is 1. The van der Waals surface area contributed by atoms with Crippen LogP contribution in [0.15, 0.2) is 0 Å². The van der Waals surface area contributed by atoms with Gasteiger partial charge < -0.3 is 14.7 Å². The Bertz CT molecular complexity index is 200. The molecule has 1 aliphatic rings. The maximum atomic E-state index is 10.6. The molecule has 94 valence electrons. The number of rotatable bonds is 7. The van der Waals surface area contributed by atoms with Gasteiger partial charge in [0.05, 0.1) is 0 Å². The summed E-state index contributed by atoms with van der Waals surface area (Å²) in [6.45, 7) is 4.09. The van der Waals surface area contributed by atoms with Crippen LogP contribution in [0.2, 0.25) is 0 Å². The number of carbonyl (C=O) groups is 1. The summed E-state index contributed by atoms with van der Waals surface area (Å²) in [7, 11) is 1.73. The Balaban J connectivity index is 2.05. The average Bonchev–Trinajstić information content (AvgIpc) is 2.26. The smallest absolute Gasteiger partial charge is 0.303 e. The third kappa shape index (κ3) is 5.47. The van der Waals surface area contributed by atoms with Gasteiger partial charge in [0.25, 0.3) is 0 Å². The molecule has 0 atom stereocenters. The fraction of sp³-hybridized carbons (Fsp3) is 0.917. The van der Waals surface area contributed by atoms with E-state index in [9.17, 15) is 4.79 Å². The molecular weight excluding hydrogens is 206 g/mol. The van der Waals surface area contributed by atoms with E-state index in [1.807, 2.05) is 0 Å². The van der Waals surface area contributed by atoms with Gasteiger partial charge in [-0.3, -0.25) is 4.79 Å². The van der Waals surface area contributed by atoms with Crippen LogP contribution in [0, 0.1) is 5.92 Å². The SMILES string of the molecule is COCCCCN1CCC(CC(=O)O)CC1. The molecule has 0 amide bonds. The average molecular weight is 229 g/mol. The van der Waals surface area contributed by atoms with Gasteiger partial charge in [-0.2, -0.15) is 0 Å². The van der Waals surface area contributed by atoms with Gasteiger partial charge in [0, 0.05) is 20.1 Å². The molecule has 0 unspecified atom stereocenters. The Labute approximate surface area is 97.6 Å². The molecule has 0 aliphatic carbocycles. The lowest BCUT2D eigenvalue weighted by molar-refractivity contribution is -0.138. The monoisotopic (exact) mass is 229 g/mol. The Morgan fingerprint density at radius 3 is 2.62 bits per heavy atom. The second-order valence-corrected chi connectivity index (χ2v) is 4.58. The molecule has 4 nitrogen and oxygen atoms in total. The van der Waals surface area contributed by atoms with Crippen molar-refractivity contribution >= 4 is 5.97 Å². The standard InChI is InChI=1S/C12H23NO3/c1-16-9-3-2-6-13-7-4-11(5-8-13)10-12(14)15/h11H,2-10H2,1H3,(H,14,15). The zero-order valence-corrected chi connectivity index (χ0v) is 10.2. The van der Waals surface area contributed by atoms with E-state index >= 15 is 0 Å². The quantitative estimate of drug-likeness (QED) is 0.674. The maximum Gasteiger partial charge on any atom is 0.303 e. The second kappa shape index (κ2) is 7.63. The third-order valence-corrected chi connectivity index (χ3v) is 3.24. The molecule has 0 aromatic carbocycles. The first-order chi connectivity index (χ1) is 7.72. The van der Waals surface area contributed by atoms with E-state index in [1.54, 1.807) is 7.11 Å². The van der Waals surface area contributed by atoms with Gasteiger partial charge in [-0.1, -0.05) is 0 Å². The van der Waals surface area contributed by atoms with Crippen LogP contribution in [0.4, 0.5) is 0 Å². The van der Waals surface area contributed by atoms with Crippen molar-refractivity contribution in [2.24, 2.45) is 5.92 Å². The Kier molecular flexibility index (Phi) is 6.42. The summed E-state index contributed by atoms with van der Waals surface area (Å²) in [5, 5.41) is 8.70. The topological polar surface area (TPSA) is 49.8 Å². The van der Waals surface area contributed by atoms with Gasteiger partial charge in [-0.05, 0) is 51.2 Å². The van der Waals surface area contributed by atoms with Crippen molar-refractivity contribution < 1.29 is 14.6 Å². The van der Waals surface area contributed by atoms with Gasteiger partial charge in [-0.15, -0.1) is 0 Å². The number of methoxy groups -OCH3 is 1. The number of carboxylic acids is 1. The first kappa shape index (κ1) is 13.5. The predicted molar refractivity (Wildman–Crippen MR) is 62.5 cm³/mol. The molecule has 16 heavy (non-hydrogen) atoms. The second-order valence-electron chi connectivity index (χ2n) is 4.58. The summed E-state index contributed by atoms with van der Waals surface area (Å²) in [6, 6.07) is 0. The molecule has 4 heteroatoms. The number of ether oxygens (including phenoxy) is 1. The zero-order valence-electron chi connectivity index (χ0n) is 10.2. The lowest BCUT2D eigenvalue weighted by atomic mass is 9.93. The molecular formula is C12H23NO3. The van der Waals surface area contributed by atoms with Gasteiger partial charge in [0.15, 0.2) is 0 Å². The summed E-state index contributed by atoms with van der Waals surface area (Å²) in [5.74, 6) is -0.258. The largest absolute Gasteiger partial charge is 0.481 e. The third-order valence-electron chi connectivity index (χ3n) is 3.24. The van der Waals surface area contributed by atoms with Crippen LogP contribution in [0.1, 0.15) is 32.1 Å². The minimum atomic E-state index is -0.654. The molecule has 0 aromatic rings. The molecule has 1 heterocycles. The lowest BCUT2D eigenvalue weighted by Gasteiger charge is -2.31. The summed E-state index contributed by atoms with van der Waals surface area (Å²) in [6.07, 6.45) is 4.72. The fourth-order valence-corrected chi connectivity index (χ4v) is 2.24. The number of carboxylic acid groups (broad SMARTS) is 1. The van der Waals surface area contributed by atoms with Crippen LogP contribution < -0.4 is 0 Å². The number of hydrogen-bond donors (Lipinski definition) is 1. The van der Waals surface area contributed by atoms with Crippen molar-refractivity contribution in [2.75, 3.05) is 33.4 Å². The maximum absolute atomic E-state index is 10.6. The highest BCUT2D eigenvalue weighted by atomic mass is 16.5. The molecule has 1 N–H and O–H groups in total. The number of hydrogen-bond acceptors (Lipinski definition) is 3. The number of likely N-dealkylation sites (tertiary alicyclic amines) is 1. The Morgan fingerprint density at radius 1 is 1.38 bits per heavy atom. The van der Waals surface area contributed by atoms with E-state index in [2.05, 4.69) is 4.90 Å². The van der Waals surface area contributed by atoms with E-state index in [0.29, 0.717) is 12.3 Å². The fourth-order valence-electron chi connectivity index (χ4n) is 2.24. The molecule has 0 radical (unpaired) electrons. The highest BCUT2D eigenvalue weighted by Crippen LogP contribution is 2.20. The normalized spacial score (nSPS) is 18.8. The molecule has 0 spiro atoms. The highest BCUT2D eigenvalue weighted by molar-refractivity contribution is 5.67. The van der Waals surface area contributed by atoms with E-state index in [-0.39, 0.29) is 0 Å². The first-order valence-corrected chi connectivity index (χ1v) is 6.15. The molecule has 1 rings (SSSR count). The lowest BCUT2D eigenvalue weighted by Crippen LogP contribution is -2.35. The Hall–Kier alpha value is -0.610. The van der Waals surface area contributed by atoms with Crippen molar-refractivity contribution in [2.45, 2.75) is 32.1 Å². The predicted octanol–water partition coefficient (Wildman–Crippen LogP) is 1.60. The minimum Gasteiger partial charge on any atom is -0.481 e. The molecule has 0 bridgehead atoms.